The van der Waals surface area contributed by atoms with E-state index in [9.17, 15) is 14.4 Å². The molecule has 1 aromatic rings. The lowest BCUT2D eigenvalue weighted by atomic mass is 9.64. The number of urea groups is 1. The Bertz CT molecular complexity index is 797. The minimum atomic E-state index is -0.897. The number of hydrogen-bond donors (Lipinski definition) is 1. The molecule has 6 heteroatoms. The van der Waals surface area contributed by atoms with Crippen LogP contribution in [-0.2, 0) is 20.9 Å². The molecular weight excluding hydrogens is 356 g/mol. The fourth-order valence-electron chi connectivity index (χ4n) is 5.14. The van der Waals surface area contributed by atoms with Crippen LogP contribution in [0.3, 0.4) is 0 Å². The van der Waals surface area contributed by atoms with Gasteiger partial charge in [0.25, 0.3) is 5.91 Å². The first-order valence-electron chi connectivity index (χ1n) is 9.87. The molecule has 0 bridgehead atoms. The molecule has 2 fully saturated rings. The summed E-state index contributed by atoms with van der Waals surface area (Å²) in [5.41, 5.74) is 2.14. The lowest BCUT2D eigenvalue weighted by molar-refractivity contribution is -0.149. The van der Waals surface area contributed by atoms with Crippen LogP contribution in [0, 0.1) is 25.2 Å². The van der Waals surface area contributed by atoms with Crippen molar-refractivity contribution in [1.82, 2.24) is 10.2 Å². The zero-order chi connectivity index (χ0) is 20.7. The second kappa shape index (κ2) is 7.22. The van der Waals surface area contributed by atoms with Crippen molar-refractivity contribution in [3.63, 3.8) is 0 Å². The largest absolute Gasteiger partial charge is 0.459 e. The lowest BCUT2D eigenvalue weighted by Crippen LogP contribution is -2.54. The molecule has 1 spiro atoms. The highest BCUT2D eigenvalue weighted by Crippen LogP contribution is 2.46. The molecule has 1 saturated heterocycles. The Kier molecular flexibility index (Phi) is 5.26. The van der Waals surface area contributed by atoms with E-state index >= 15 is 0 Å². The molecule has 2 atom stereocenters. The van der Waals surface area contributed by atoms with Crippen molar-refractivity contribution in [1.29, 1.82) is 0 Å². The zero-order valence-corrected chi connectivity index (χ0v) is 17.4. The van der Waals surface area contributed by atoms with E-state index in [0.29, 0.717) is 18.8 Å². The van der Waals surface area contributed by atoms with Crippen LogP contribution in [0.1, 0.15) is 56.7 Å². The first kappa shape index (κ1) is 20.4. The van der Waals surface area contributed by atoms with Crippen molar-refractivity contribution >= 4 is 17.9 Å². The number of esters is 1. The number of hydrogen-bond acceptors (Lipinski definition) is 4. The van der Waals surface area contributed by atoms with Crippen molar-refractivity contribution in [2.75, 3.05) is 6.54 Å². The van der Waals surface area contributed by atoms with Crippen LogP contribution in [0.15, 0.2) is 18.2 Å². The molecule has 28 heavy (non-hydrogen) atoms. The standard InChI is InChI=1S/C22H30N2O4/c1-14-6-15(2)8-17(7-14)12-28-18(25)11-24-19(26)22(23-20(24)27)10-16(3)9-21(4,5)13-22/h6-8,16H,9-13H2,1-5H3,(H,23,27). The van der Waals surface area contributed by atoms with Crippen molar-refractivity contribution in [3.05, 3.63) is 34.9 Å². The maximum absolute atomic E-state index is 13.1. The number of nitrogens with zero attached hydrogens (tertiary/aromatic N) is 1. The Morgan fingerprint density at radius 2 is 1.82 bits per heavy atom. The monoisotopic (exact) mass is 386 g/mol. The van der Waals surface area contributed by atoms with Gasteiger partial charge in [0.15, 0.2) is 0 Å². The molecule has 6 nitrogen and oxygen atoms in total. The predicted molar refractivity (Wildman–Crippen MR) is 105 cm³/mol. The van der Waals surface area contributed by atoms with Crippen LogP contribution >= 0.6 is 0 Å². The zero-order valence-electron chi connectivity index (χ0n) is 17.4. The van der Waals surface area contributed by atoms with Gasteiger partial charge in [0.05, 0.1) is 0 Å². The summed E-state index contributed by atoms with van der Waals surface area (Å²) < 4.78 is 5.32. The molecule has 3 amide bonds. The van der Waals surface area contributed by atoms with Crippen LogP contribution in [-0.4, -0.2) is 34.9 Å². The summed E-state index contributed by atoms with van der Waals surface area (Å²) in [7, 11) is 0. The molecule has 1 aliphatic carbocycles. The second-order valence-corrected chi connectivity index (χ2v) is 9.41. The van der Waals surface area contributed by atoms with E-state index in [0.717, 1.165) is 28.0 Å². The van der Waals surface area contributed by atoms with Gasteiger partial charge in [0.1, 0.15) is 18.7 Å². The Morgan fingerprint density at radius 1 is 1.18 bits per heavy atom. The average molecular weight is 386 g/mol. The fourth-order valence-corrected chi connectivity index (χ4v) is 5.14. The first-order valence-corrected chi connectivity index (χ1v) is 9.87. The van der Waals surface area contributed by atoms with Crippen LogP contribution in [0.4, 0.5) is 4.79 Å². The number of benzene rings is 1. The number of aryl methyl sites for hydroxylation is 2. The Morgan fingerprint density at radius 3 is 2.43 bits per heavy atom. The summed E-state index contributed by atoms with van der Waals surface area (Å²) in [4.78, 5) is 38.8. The Hall–Kier alpha value is -2.37. The van der Waals surface area contributed by atoms with Crippen molar-refractivity contribution in [2.24, 2.45) is 11.3 Å². The van der Waals surface area contributed by atoms with E-state index in [1.165, 1.54) is 0 Å². The lowest BCUT2D eigenvalue weighted by Gasteiger charge is -2.43. The third-order valence-corrected chi connectivity index (χ3v) is 5.59. The summed E-state index contributed by atoms with van der Waals surface area (Å²) in [5, 5.41) is 2.88. The molecule has 1 aliphatic heterocycles. The third-order valence-electron chi connectivity index (χ3n) is 5.59. The highest BCUT2D eigenvalue weighted by molar-refractivity contribution is 6.08. The SMILES string of the molecule is Cc1cc(C)cc(COC(=O)CN2C(=O)NC3(CC(C)CC(C)(C)C3)C2=O)c1. The number of ether oxygens (including phenoxy) is 1. The second-order valence-electron chi connectivity index (χ2n) is 9.41. The minimum Gasteiger partial charge on any atom is -0.459 e. The van der Waals surface area contributed by atoms with Gasteiger partial charge >= 0.3 is 12.0 Å². The molecule has 2 unspecified atom stereocenters. The average Bonchev–Trinajstić information content (AvgIpc) is 2.73. The normalized spacial score (nSPS) is 26.5. The Labute approximate surface area is 166 Å². The van der Waals surface area contributed by atoms with E-state index in [4.69, 9.17) is 4.74 Å². The third kappa shape index (κ3) is 4.21. The van der Waals surface area contributed by atoms with Crippen LogP contribution in [0.2, 0.25) is 0 Å². The molecular formula is C22H30N2O4. The summed E-state index contributed by atoms with van der Waals surface area (Å²) in [6.07, 6.45) is 2.20. The first-order chi connectivity index (χ1) is 13.0. The molecule has 152 valence electrons. The number of carbonyl (C=O) groups excluding carboxylic acids is 3. The van der Waals surface area contributed by atoms with Gasteiger partial charge in [-0.25, -0.2) is 4.79 Å². The highest BCUT2D eigenvalue weighted by atomic mass is 16.5. The van der Waals surface area contributed by atoms with E-state index in [1.54, 1.807) is 0 Å². The van der Waals surface area contributed by atoms with E-state index in [1.807, 2.05) is 32.0 Å². The van der Waals surface area contributed by atoms with Gasteiger partial charge in [-0.1, -0.05) is 50.1 Å². The van der Waals surface area contributed by atoms with E-state index < -0.39 is 17.5 Å². The van der Waals surface area contributed by atoms with E-state index in [2.05, 4.69) is 26.1 Å². The van der Waals surface area contributed by atoms with Gasteiger partial charge in [-0.3, -0.25) is 14.5 Å². The highest BCUT2D eigenvalue weighted by Gasteiger charge is 2.56. The van der Waals surface area contributed by atoms with Crippen molar-refractivity contribution < 1.29 is 19.1 Å². The van der Waals surface area contributed by atoms with Gasteiger partial charge in [-0.2, -0.15) is 0 Å². The van der Waals surface area contributed by atoms with Gasteiger partial charge in [0.2, 0.25) is 0 Å². The molecule has 0 aromatic heterocycles. The fraction of sp³-hybridized carbons (Fsp3) is 0.591. The smallest absolute Gasteiger partial charge is 0.326 e. The van der Waals surface area contributed by atoms with Crippen molar-refractivity contribution in [3.8, 4) is 0 Å². The summed E-state index contributed by atoms with van der Waals surface area (Å²) >= 11 is 0. The Balaban J connectivity index is 1.65. The summed E-state index contributed by atoms with van der Waals surface area (Å²) in [6, 6.07) is 5.45. The van der Waals surface area contributed by atoms with Crippen LogP contribution in [0.5, 0.6) is 0 Å². The number of imide groups is 1. The van der Waals surface area contributed by atoms with E-state index in [-0.39, 0.29) is 24.5 Å². The number of carbonyl (C=O) groups is 3. The maximum Gasteiger partial charge on any atom is 0.326 e. The van der Waals surface area contributed by atoms with Gasteiger partial charge < -0.3 is 10.1 Å². The van der Waals surface area contributed by atoms with Gasteiger partial charge in [-0.05, 0) is 50.0 Å². The molecule has 1 heterocycles. The molecule has 1 saturated carbocycles. The quantitative estimate of drug-likeness (QED) is 0.635. The predicted octanol–water partition coefficient (Wildman–Crippen LogP) is 3.48. The topological polar surface area (TPSA) is 75.7 Å². The van der Waals surface area contributed by atoms with Crippen LogP contribution in [0.25, 0.3) is 0 Å². The number of rotatable bonds is 4. The van der Waals surface area contributed by atoms with Gasteiger partial charge in [0, 0.05) is 0 Å². The molecule has 1 aromatic carbocycles. The summed E-state index contributed by atoms with van der Waals surface area (Å²) in [5.74, 6) is -0.562. The maximum atomic E-state index is 13.1. The minimum absolute atomic E-state index is 0.0415. The molecule has 1 N–H and O–H groups in total. The number of amides is 3. The number of nitrogens with one attached hydrogen (secondary N) is 1. The molecule has 0 radical (unpaired) electrons. The van der Waals surface area contributed by atoms with Gasteiger partial charge in [-0.15, -0.1) is 0 Å². The summed E-state index contributed by atoms with van der Waals surface area (Å²) in [6.45, 7) is 10.1. The molecule has 3 rings (SSSR count). The molecule has 2 aliphatic rings. The van der Waals surface area contributed by atoms with Crippen molar-refractivity contribution in [2.45, 2.75) is 66.0 Å². The van der Waals surface area contributed by atoms with Crippen LogP contribution < -0.4 is 5.32 Å².